The van der Waals surface area contributed by atoms with Gasteiger partial charge >= 0.3 is 0 Å². The van der Waals surface area contributed by atoms with Crippen molar-refractivity contribution in [1.29, 1.82) is 0 Å². The molecule has 0 saturated heterocycles. The van der Waals surface area contributed by atoms with Crippen LogP contribution in [-0.2, 0) is 0 Å². The first-order valence-electron chi connectivity index (χ1n) is 7.17. The Balaban J connectivity index is 1.91. The number of rotatable bonds is 3. The largest absolute Gasteiger partial charge is 0.459 e. The van der Waals surface area contributed by atoms with E-state index >= 15 is 0 Å². The highest BCUT2D eigenvalue weighted by molar-refractivity contribution is 5.96. The summed E-state index contributed by atoms with van der Waals surface area (Å²) in [5, 5.41) is 4.87. The van der Waals surface area contributed by atoms with Crippen molar-refractivity contribution in [2.75, 3.05) is 7.05 Å². The van der Waals surface area contributed by atoms with Gasteiger partial charge in [0.2, 0.25) is 0 Å². The summed E-state index contributed by atoms with van der Waals surface area (Å²) in [6, 6.07) is 9.59. The van der Waals surface area contributed by atoms with Crippen LogP contribution in [0.15, 0.2) is 39.3 Å². The minimum atomic E-state index is -0.186. The number of furan rings is 1. The SMILES string of the molecule is Cc1noc(C)c1C(=O)N(C)C(C)c1cc2ccccc2o1. The van der Waals surface area contributed by atoms with Crippen LogP contribution in [0.3, 0.4) is 0 Å². The predicted octanol–water partition coefficient (Wildman–Crippen LogP) is 3.87. The van der Waals surface area contributed by atoms with Crippen LogP contribution in [0.1, 0.15) is 40.5 Å². The van der Waals surface area contributed by atoms with E-state index in [1.54, 1.807) is 25.8 Å². The van der Waals surface area contributed by atoms with Crippen LogP contribution in [0.5, 0.6) is 0 Å². The van der Waals surface area contributed by atoms with Gasteiger partial charge in [0.1, 0.15) is 22.7 Å². The molecule has 0 fully saturated rings. The van der Waals surface area contributed by atoms with E-state index in [1.807, 2.05) is 37.3 Å². The van der Waals surface area contributed by atoms with E-state index in [0.29, 0.717) is 17.0 Å². The number of hydrogen-bond donors (Lipinski definition) is 0. The zero-order valence-corrected chi connectivity index (χ0v) is 13.1. The number of fused-ring (bicyclic) bond motifs is 1. The Labute approximate surface area is 128 Å². The zero-order valence-electron chi connectivity index (χ0n) is 13.1. The summed E-state index contributed by atoms with van der Waals surface area (Å²) < 4.78 is 10.9. The van der Waals surface area contributed by atoms with E-state index in [2.05, 4.69) is 5.16 Å². The quantitative estimate of drug-likeness (QED) is 0.736. The average molecular weight is 298 g/mol. The third-order valence-corrected chi connectivity index (χ3v) is 4.00. The molecule has 0 spiro atoms. The maximum absolute atomic E-state index is 12.7. The number of para-hydroxylation sites is 1. The highest BCUT2D eigenvalue weighted by Crippen LogP contribution is 2.28. The van der Waals surface area contributed by atoms with Crippen molar-refractivity contribution in [3.05, 3.63) is 53.1 Å². The molecule has 1 atom stereocenters. The van der Waals surface area contributed by atoms with Crippen molar-refractivity contribution < 1.29 is 13.7 Å². The van der Waals surface area contributed by atoms with Crippen LogP contribution in [0, 0.1) is 13.8 Å². The van der Waals surface area contributed by atoms with Crippen molar-refractivity contribution in [2.45, 2.75) is 26.8 Å². The molecule has 1 aromatic carbocycles. The Bertz CT molecular complexity index is 779. The smallest absolute Gasteiger partial charge is 0.259 e. The molecule has 0 aliphatic rings. The lowest BCUT2D eigenvalue weighted by Gasteiger charge is -2.23. The highest BCUT2D eigenvalue weighted by Gasteiger charge is 2.26. The zero-order chi connectivity index (χ0) is 15.9. The summed E-state index contributed by atoms with van der Waals surface area (Å²) >= 11 is 0. The second kappa shape index (κ2) is 5.33. The molecule has 2 aromatic heterocycles. The lowest BCUT2D eigenvalue weighted by atomic mass is 10.1. The molecule has 0 saturated carbocycles. The molecule has 5 heteroatoms. The van der Waals surface area contributed by atoms with Crippen molar-refractivity contribution in [1.82, 2.24) is 10.1 Å². The van der Waals surface area contributed by atoms with Gasteiger partial charge in [-0.1, -0.05) is 23.4 Å². The van der Waals surface area contributed by atoms with Gasteiger partial charge in [-0.25, -0.2) is 0 Å². The predicted molar refractivity (Wildman–Crippen MR) is 82.7 cm³/mol. The van der Waals surface area contributed by atoms with Crippen molar-refractivity contribution in [3.8, 4) is 0 Å². The van der Waals surface area contributed by atoms with Gasteiger partial charge in [0.15, 0.2) is 0 Å². The van der Waals surface area contributed by atoms with E-state index in [1.165, 1.54) is 0 Å². The van der Waals surface area contributed by atoms with Gasteiger partial charge in [-0.3, -0.25) is 4.79 Å². The normalized spacial score (nSPS) is 12.5. The van der Waals surface area contributed by atoms with Crippen LogP contribution >= 0.6 is 0 Å². The second-order valence-corrected chi connectivity index (χ2v) is 5.48. The number of hydrogen-bond acceptors (Lipinski definition) is 4. The van der Waals surface area contributed by atoms with E-state index in [4.69, 9.17) is 8.94 Å². The fourth-order valence-corrected chi connectivity index (χ4v) is 2.54. The molecule has 3 aromatic rings. The van der Waals surface area contributed by atoms with Crippen molar-refractivity contribution in [3.63, 3.8) is 0 Å². The molecule has 0 bridgehead atoms. The first-order valence-corrected chi connectivity index (χ1v) is 7.17. The van der Waals surface area contributed by atoms with E-state index < -0.39 is 0 Å². The summed E-state index contributed by atoms with van der Waals surface area (Å²) in [5.41, 5.74) is 1.94. The molecule has 3 rings (SSSR count). The Morgan fingerprint density at radius 1 is 1.27 bits per heavy atom. The van der Waals surface area contributed by atoms with Crippen LogP contribution in [0.4, 0.5) is 0 Å². The Kier molecular flexibility index (Phi) is 3.48. The molecule has 114 valence electrons. The Morgan fingerprint density at radius 2 is 2.00 bits per heavy atom. The van der Waals surface area contributed by atoms with Gasteiger partial charge in [0.05, 0.1) is 11.7 Å². The van der Waals surface area contributed by atoms with Crippen LogP contribution in [-0.4, -0.2) is 23.0 Å². The van der Waals surface area contributed by atoms with Gasteiger partial charge in [0, 0.05) is 12.4 Å². The van der Waals surface area contributed by atoms with Crippen LogP contribution < -0.4 is 0 Å². The first-order chi connectivity index (χ1) is 10.5. The minimum absolute atomic E-state index is 0.121. The number of carbonyl (C=O) groups is 1. The second-order valence-electron chi connectivity index (χ2n) is 5.48. The van der Waals surface area contributed by atoms with E-state index in [9.17, 15) is 4.79 Å². The third-order valence-electron chi connectivity index (χ3n) is 4.00. The van der Waals surface area contributed by atoms with Crippen molar-refractivity contribution >= 4 is 16.9 Å². The molecule has 1 amide bonds. The molecule has 2 heterocycles. The minimum Gasteiger partial charge on any atom is -0.459 e. The standard InChI is InChI=1S/C17H18N2O3/c1-10-16(12(3)22-18-10)17(20)19(4)11(2)15-9-13-7-5-6-8-14(13)21-15/h5-9,11H,1-4H3. The average Bonchev–Trinajstić information content (AvgIpc) is 3.08. The molecular formula is C17H18N2O3. The van der Waals surface area contributed by atoms with Gasteiger partial charge in [0.25, 0.3) is 5.91 Å². The number of benzene rings is 1. The fourth-order valence-electron chi connectivity index (χ4n) is 2.54. The number of aryl methyl sites for hydroxylation is 2. The van der Waals surface area contributed by atoms with Crippen molar-refractivity contribution in [2.24, 2.45) is 0 Å². The highest BCUT2D eigenvalue weighted by atomic mass is 16.5. The fraction of sp³-hybridized carbons (Fsp3) is 0.294. The number of carbonyl (C=O) groups excluding carboxylic acids is 1. The molecule has 0 radical (unpaired) electrons. The summed E-state index contributed by atoms with van der Waals surface area (Å²) in [5.74, 6) is 1.17. The van der Waals surface area contributed by atoms with Crippen LogP contribution in [0.2, 0.25) is 0 Å². The summed E-state index contributed by atoms with van der Waals surface area (Å²) in [6.07, 6.45) is 0. The van der Waals surface area contributed by atoms with Gasteiger partial charge in [-0.15, -0.1) is 0 Å². The Morgan fingerprint density at radius 3 is 2.64 bits per heavy atom. The lowest BCUT2D eigenvalue weighted by molar-refractivity contribution is 0.0725. The molecule has 0 aliphatic heterocycles. The molecule has 0 aliphatic carbocycles. The molecule has 0 N–H and O–H groups in total. The monoisotopic (exact) mass is 298 g/mol. The first kappa shape index (κ1) is 14.4. The molecular weight excluding hydrogens is 280 g/mol. The molecule has 5 nitrogen and oxygen atoms in total. The Hall–Kier alpha value is -2.56. The van der Waals surface area contributed by atoms with Crippen LogP contribution in [0.25, 0.3) is 11.0 Å². The molecule has 22 heavy (non-hydrogen) atoms. The summed E-state index contributed by atoms with van der Waals surface area (Å²) in [6.45, 7) is 5.45. The maximum Gasteiger partial charge on any atom is 0.259 e. The lowest BCUT2D eigenvalue weighted by Crippen LogP contribution is -2.30. The number of nitrogens with zero attached hydrogens (tertiary/aromatic N) is 2. The van der Waals surface area contributed by atoms with Gasteiger partial charge < -0.3 is 13.8 Å². The van der Waals surface area contributed by atoms with Gasteiger partial charge in [-0.2, -0.15) is 0 Å². The maximum atomic E-state index is 12.7. The number of amides is 1. The topological polar surface area (TPSA) is 59.5 Å². The number of aromatic nitrogens is 1. The molecule has 1 unspecified atom stereocenters. The van der Waals surface area contributed by atoms with Gasteiger partial charge in [-0.05, 0) is 32.9 Å². The third kappa shape index (κ3) is 2.28. The summed E-state index contributed by atoms with van der Waals surface area (Å²) in [7, 11) is 1.76. The summed E-state index contributed by atoms with van der Waals surface area (Å²) in [4.78, 5) is 14.3. The van der Waals surface area contributed by atoms with E-state index in [0.717, 1.165) is 16.7 Å². The van der Waals surface area contributed by atoms with E-state index in [-0.39, 0.29) is 11.9 Å².